The van der Waals surface area contributed by atoms with Gasteiger partial charge in [0, 0.05) is 55.2 Å². The van der Waals surface area contributed by atoms with Crippen LogP contribution in [-0.4, -0.2) is 27.7 Å². The molecule has 2 aliphatic heterocycles. The summed E-state index contributed by atoms with van der Waals surface area (Å²) in [6, 6.07) is 5.93. The molecular weight excluding hydrogens is 497 g/mol. The fourth-order valence-electron chi connectivity index (χ4n) is 5.82. The molecule has 2 fully saturated rings. The number of rotatable bonds is 6. The van der Waals surface area contributed by atoms with Crippen LogP contribution in [0.4, 0.5) is 18.9 Å². The second-order valence-corrected chi connectivity index (χ2v) is 9.94. The van der Waals surface area contributed by atoms with Crippen LogP contribution < -0.4 is 16.2 Å². The number of benzene rings is 1. The minimum absolute atomic E-state index is 0.0802. The lowest BCUT2D eigenvalue weighted by atomic mass is 9.80. The van der Waals surface area contributed by atoms with Crippen LogP contribution >= 0.6 is 0 Å². The van der Waals surface area contributed by atoms with Gasteiger partial charge in [0.1, 0.15) is 17.5 Å². The lowest BCUT2D eigenvalue weighted by Gasteiger charge is -2.41. The monoisotopic (exact) mass is 524 g/mol. The van der Waals surface area contributed by atoms with Gasteiger partial charge in [-0.3, -0.25) is 14.2 Å². The summed E-state index contributed by atoms with van der Waals surface area (Å²) in [5, 5.41) is 6.62. The first-order valence-electron chi connectivity index (χ1n) is 12.4. The highest BCUT2D eigenvalue weighted by Crippen LogP contribution is 2.44. The third-order valence-electron chi connectivity index (χ3n) is 7.46. The summed E-state index contributed by atoms with van der Waals surface area (Å²) in [4.78, 5) is 30.3. The second kappa shape index (κ2) is 9.80. The van der Waals surface area contributed by atoms with Crippen molar-refractivity contribution in [3.05, 3.63) is 69.4 Å². The Labute approximate surface area is 217 Å². The van der Waals surface area contributed by atoms with E-state index in [1.165, 1.54) is 29.8 Å². The van der Waals surface area contributed by atoms with Crippen molar-refractivity contribution in [1.29, 1.82) is 0 Å². The number of terminal acetylenes is 1. The molecule has 38 heavy (non-hydrogen) atoms. The van der Waals surface area contributed by atoms with E-state index in [2.05, 4.69) is 21.5 Å². The molecule has 3 atom stereocenters. The Kier molecular flexibility index (Phi) is 6.65. The van der Waals surface area contributed by atoms with Crippen LogP contribution in [0.25, 0.3) is 11.0 Å². The van der Waals surface area contributed by atoms with Gasteiger partial charge in [0.25, 0.3) is 12.0 Å². The van der Waals surface area contributed by atoms with Gasteiger partial charge in [-0.1, -0.05) is 24.1 Å². The summed E-state index contributed by atoms with van der Waals surface area (Å²) in [5.74, 6) is 1.10. The van der Waals surface area contributed by atoms with Gasteiger partial charge in [0.15, 0.2) is 0 Å². The van der Waals surface area contributed by atoms with Crippen LogP contribution in [0.15, 0.2) is 41.3 Å². The lowest BCUT2D eigenvalue weighted by Crippen LogP contribution is -2.54. The first kappa shape index (κ1) is 25.8. The van der Waals surface area contributed by atoms with Crippen LogP contribution in [0.3, 0.4) is 0 Å². The maximum Gasteiger partial charge on any atom is 0.266 e. The zero-order valence-corrected chi connectivity index (χ0v) is 20.9. The van der Waals surface area contributed by atoms with Gasteiger partial charge >= 0.3 is 0 Å². The molecule has 0 aliphatic carbocycles. The van der Waals surface area contributed by atoms with Crippen molar-refractivity contribution in [2.45, 2.75) is 62.8 Å². The highest BCUT2D eigenvalue weighted by molar-refractivity contribution is 5.90. The molecule has 0 saturated carbocycles. The number of aromatic nitrogens is 2. The number of nitrogens with one attached hydrogen (secondary N) is 2. The smallest absolute Gasteiger partial charge is 0.266 e. The predicted molar refractivity (Wildman–Crippen MR) is 136 cm³/mol. The number of aryl methyl sites for hydroxylation is 1. The van der Waals surface area contributed by atoms with E-state index in [1.807, 2.05) is 0 Å². The summed E-state index contributed by atoms with van der Waals surface area (Å²) < 4.78 is 48.9. The lowest BCUT2D eigenvalue weighted by molar-refractivity contribution is -0.124. The normalized spacial score (nSPS) is 23.3. The molecule has 3 aromatic rings. The van der Waals surface area contributed by atoms with Gasteiger partial charge in [0.05, 0.1) is 23.3 Å². The SMILES string of the molecule is C#C[C@@H](Nc1ccnc2c1cc(C1(NC(C)=O)CC3CCC(C1)O3)c(=O)n2C)c1cccc(C(F)F)c1F. The maximum atomic E-state index is 14.9. The molecular formula is C28H27F3N4O3. The quantitative estimate of drug-likeness (QED) is 0.465. The van der Waals surface area contributed by atoms with Gasteiger partial charge in [-0.25, -0.2) is 18.2 Å². The molecule has 2 aliphatic rings. The number of anilines is 1. The number of alkyl halides is 2. The fraction of sp³-hybridized carbons (Fsp3) is 0.393. The van der Waals surface area contributed by atoms with Crippen LogP contribution in [-0.2, 0) is 22.1 Å². The predicted octanol–water partition coefficient (Wildman–Crippen LogP) is 4.47. The molecule has 5 rings (SSSR count). The third kappa shape index (κ3) is 4.41. The minimum atomic E-state index is -2.99. The largest absolute Gasteiger partial charge is 0.375 e. The molecule has 198 valence electrons. The van der Waals surface area contributed by atoms with Crippen molar-refractivity contribution in [3.8, 4) is 12.3 Å². The molecule has 4 heterocycles. The third-order valence-corrected chi connectivity index (χ3v) is 7.46. The van der Waals surface area contributed by atoms with Gasteiger partial charge in [-0.05, 0) is 25.0 Å². The van der Waals surface area contributed by atoms with Crippen LogP contribution in [0.2, 0.25) is 0 Å². The first-order chi connectivity index (χ1) is 18.1. The van der Waals surface area contributed by atoms with Crippen LogP contribution in [0.5, 0.6) is 0 Å². The number of ether oxygens (including phenoxy) is 1. The van der Waals surface area contributed by atoms with Gasteiger partial charge in [0.2, 0.25) is 5.91 Å². The van der Waals surface area contributed by atoms with E-state index < -0.39 is 29.4 Å². The Hall–Kier alpha value is -3.84. The number of halogens is 3. The number of nitrogens with zero attached hydrogens (tertiary/aromatic N) is 2. The van der Waals surface area contributed by atoms with Crippen molar-refractivity contribution in [1.82, 2.24) is 14.9 Å². The molecule has 2 saturated heterocycles. The van der Waals surface area contributed by atoms with Crippen molar-refractivity contribution in [2.75, 3.05) is 5.32 Å². The topological polar surface area (TPSA) is 85.2 Å². The first-order valence-corrected chi connectivity index (χ1v) is 12.4. The molecule has 2 bridgehead atoms. The van der Waals surface area contributed by atoms with Crippen molar-refractivity contribution in [3.63, 3.8) is 0 Å². The molecule has 0 radical (unpaired) electrons. The van der Waals surface area contributed by atoms with Gasteiger partial charge in [-0.15, -0.1) is 6.42 Å². The standard InChI is InChI=1S/C28H27F3N4O3/c1-4-22(18-6-5-7-19(24(18)29)25(30)31)33-23-10-11-32-26-20(23)12-21(27(37)35(26)3)28(34-15(2)36)13-16-8-9-17(14-28)38-16/h1,5-7,10-12,16-17,22,25H,8-9,13-14H2,2-3H3,(H,32,33)(H,34,36)/t16?,17?,22-,28?/m1/s1. The van der Waals surface area contributed by atoms with E-state index in [0.29, 0.717) is 35.1 Å². The van der Waals surface area contributed by atoms with E-state index in [4.69, 9.17) is 11.2 Å². The van der Waals surface area contributed by atoms with Gasteiger partial charge < -0.3 is 15.4 Å². The second-order valence-electron chi connectivity index (χ2n) is 9.94. The Bertz CT molecular complexity index is 1500. The molecule has 1 aromatic carbocycles. The average molecular weight is 525 g/mol. The zero-order valence-electron chi connectivity index (χ0n) is 20.9. The number of carbonyl (C=O) groups excluding carboxylic acids is 1. The Morgan fingerprint density at radius 1 is 1.24 bits per heavy atom. The molecule has 2 N–H and O–H groups in total. The number of carbonyl (C=O) groups is 1. The van der Waals surface area contributed by atoms with Crippen LogP contribution in [0.1, 0.15) is 61.8 Å². The molecule has 7 nitrogen and oxygen atoms in total. The summed E-state index contributed by atoms with van der Waals surface area (Å²) >= 11 is 0. The minimum Gasteiger partial charge on any atom is -0.375 e. The highest BCUT2D eigenvalue weighted by Gasteiger charge is 2.48. The number of amides is 1. The number of hydrogen-bond acceptors (Lipinski definition) is 5. The van der Waals surface area contributed by atoms with E-state index in [-0.39, 0.29) is 29.2 Å². The number of pyridine rings is 2. The van der Waals surface area contributed by atoms with Crippen molar-refractivity contribution < 1.29 is 22.7 Å². The Morgan fingerprint density at radius 3 is 2.55 bits per heavy atom. The number of hydrogen-bond donors (Lipinski definition) is 2. The van der Waals surface area contributed by atoms with Crippen molar-refractivity contribution in [2.24, 2.45) is 7.05 Å². The highest BCUT2D eigenvalue weighted by atomic mass is 19.3. The van der Waals surface area contributed by atoms with Crippen LogP contribution in [0, 0.1) is 18.2 Å². The maximum absolute atomic E-state index is 14.9. The number of fused-ring (bicyclic) bond motifs is 3. The summed E-state index contributed by atoms with van der Waals surface area (Å²) in [7, 11) is 1.59. The van der Waals surface area contributed by atoms with E-state index in [9.17, 15) is 22.8 Å². The Morgan fingerprint density at radius 2 is 1.92 bits per heavy atom. The molecule has 2 unspecified atom stereocenters. The molecule has 10 heteroatoms. The van der Waals surface area contributed by atoms with Crippen molar-refractivity contribution >= 4 is 22.6 Å². The van der Waals surface area contributed by atoms with Gasteiger partial charge in [-0.2, -0.15) is 0 Å². The molecule has 2 aromatic heterocycles. The average Bonchev–Trinajstić information content (AvgIpc) is 3.22. The summed E-state index contributed by atoms with van der Waals surface area (Å²) in [5.41, 5.74) is -0.909. The van der Waals surface area contributed by atoms with E-state index >= 15 is 0 Å². The molecule has 0 spiro atoms. The molecule has 1 amide bonds. The summed E-state index contributed by atoms with van der Waals surface area (Å²) in [6.07, 6.45) is 6.62. The Balaban J connectivity index is 1.64. The zero-order chi connectivity index (χ0) is 27.2. The fourth-order valence-corrected chi connectivity index (χ4v) is 5.82. The van der Waals surface area contributed by atoms with E-state index in [1.54, 1.807) is 19.2 Å². The van der Waals surface area contributed by atoms with E-state index in [0.717, 1.165) is 18.9 Å². The summed E-state index contributed by atoms with van der Waals surface area (Å²) in [6.45, 7) is 1.42.